The third-order valence-corrected chi connectivity index (χ3v) is 5.76. The van der Waals surface area contributed by atoms with Crippen LogP contribution >= 0.6 is 0 Å². The van der Waals surface area contributed by atoms with Crippen molar-refractivity contribution in [2.24, 2.45) is 0 Å². The van der Waals surface area contributed by atoms with Crippen LogP contribution in [0.1, 0.15) is 149 Å². The van der Waals surface area contributed by atoms with Gasteiger partial charge in [0.15, 0.2) is 0 Å². The lowest BCUT2D eigenvalue weighted by molar-refractivity contribution is 0.463. The fourth-order valence-electron chi connectivity index (χ4n) is 3.82. The van der Waals surface area contributed by atoms with E-state index in [0.29, 0.717) is 0 Å². The van der Waals surface area contributed by atoms with Gasteiger partial charge in [-0.1, -0.05) is 129 Å². The van der Waals surface area contributed by atoms with Crippen molar-refractivity contribution in [3.8, 4) is 0 Å². The van der Waals surface area contributed by atoms with Crippen molar-refractivity contribution in [1.29, 1.82) is 0 Å². The lowest BCUT2D eigenvalue weighted by atomic mass is 10.0. The topological polar surface area (TPSA) is 12.0 Å². The molecule has 158 valence electrons. The second-order valence-electron chi connectivity index (χ2n) is 8.65. The first-order valence-electron chi connectivity index (χ1n) is 12.5. The Kier molecular flexibility index (Phi) is 23.0. The molecule has 1 N–H and O–H groups in total. The molecule has 0 aliphatic heterocycles. The summed E-state index contributed by atoms with van der Waals surface area (Å²) < 4.78 is 0. The lowest BCUT2D eigenvalue weighted by Gasteiger charge is -2.13. The molecule has 0 rings (SSSR count). The zero-order valence-corrected chi connectivity index (χ0v) is 18.9. The normalized spacial score (nSPS) is 12.6. The zero-order chi connectivity index (χ0) is 19.1. The average molecular weight is 368 g/mol. The van der Waals surface area contributed by atoms with Crippen molar-refractivity contribution in [2.45, 2.75) is 155 Å². The highest BCUT2D eigenvalue weighted by molar-refractivity contribution is 4.61. The van der Waals surface area contributed by atoms with Gasteiger partial charge in [0.2, 0.25) is 0 Å². The zero-order valence-electron chi connectivity index (χ0n) is 18.9. The maximum Gasteiger partial charge on any atom is 0.00387 e. The molecule has 0 amide bonds. The molecular formula is C25H53N. The Labute approximate surface area is 167 Å². The minimum absolute atomic E-state index is 0.720. The molecule has 1 heteroatoms. The van der Waals surface area contributed by atoms with E-state index in [1.165, 1.54) is 135 Å². The molecular weight excluding hydrogens is 314 g/mol. The summed E-state index contributed by atoms with van der Waals surface area (Å²) in [6.45, 7) is 8.20. The average Bonchev–Trinajstić information content (AvgIpc) is 2.64. The molecule has 26 heavy (non-hydrogen) atoms. The Bertz CT molecular complexity index is 238. The second kappa shape index (κ2) is 23.0. The highest BCUT2D eigenvalue weighted by Crippen LogP contribution is 2.12. The highest BCUT2D eigenvalue weighted by Gasteiger charge is 2.01. The molecule has 1 unspecified atom stereocenters. The first kappa shape index (κ1) is 26.0. The van der Waals surface area contributed by atoms with Crippen molar-refractivity contribution >= 4 is 0 Å². The number of hydrogen-bond donors (Lipinski definition) is 1. The predicted octanol–water partition coefficient (Wildman–Crippen LogP) is 8.81. The SMILES string of the molecule is CCCCCCCCCCCCNC(C)CCCCCCCCCCC. The minimum atomic E-state index is 0.720. The van der Waals surface area contributed by atoms with Crippen molar-refractivity contribution in [3.63, 3.8) is 0 Å². The largest absolute Gasteiger partial charge is 0.314 e. The fraction of sp³-hybridized carbons (Fsp3) is 1.00. The Balaban J connectivity index is 3.12. The molecule has 0 saturated heterocycles. The monoisotopic (exact) mass is 367 g/mol. The van der Waals surface area contributed by atoms with Gasteiger partial charge in [-0.3, -0.25) is 0 Å². The van der Waals surface area contributed by atoms with E-state index in [-0.39, 0.29) is 0 Å². The van der Waals surface area contributed by atoms with Gasteiger partial charge in [0.1, 0.15) is 0 Å². The molecule has 0 aromatic heterocycles. The lowest BCUT2D eigenvalue weighted by Crippen LogP contribution is -2.26. The smallest absolute Gasteiger partial charge is 0.00387 e. The maximum absolute atomic E-state index is 3.73. The number of rotatable bonds is 22. The molecule has 0 radical (unpaired) electrons. The molecule has 1 nitrogen and oxygen atoms in total. The minimum Gasteiger partial charge on any atom is -0.314 e. The van der Waals surface area contributed by atoms with Crippen LogP contribution in [0.15, 0.2) is 0 Å². The molecule has 0 heterocycles. The van der Waals surface area contributed by atoms with Crippen LogP contribution in [0.5, 0.6) is 0 Å². The van der Waals surface area contributed by atoms with Gasteiger partial charge in [-0.25, -0.2) is 0 Å². The molecule has 0 bridgehead atoms. The van der Waals surface area contributed by atoms with Gasteiger partial charge in [-0.05, 0) is 26.3 Å². The Morgan fingerprint density at radius 2 is 0.808 bits per heavy atom. The van der Waals surface area contributed by atoms with Gasteiger partial charge >= 0.3 is 0 Å². The van der Waals surface area contributed by atoms with Gasteiger partial charge < -0.3 is 5.32 Å². The molecule has 0 aromatic rings. The number of nitrogens with one attached hydrogen (secondary N) is 1. The Morgan fingerprint density at radius 1 is 0.462 bits per heavy atom. The molecule has 0 aromatic carbocycles. The summed E-state index contributed by atoms with van der Waals surface area (Å²) in [7, 11) is 0. The molecule has 0 aliphatic rings. The van der Waals surface area contributed by atoms with E-state index < -0.39 is 0 Å². The van der Waals surface area contributed by atoms with Crippen LogP contribution in [-0.4, -0.2) is 12.6 Å². The molecule has 0 fully saturated rings. The quantitative estimate of drug-likeness (QED) is 0.188. The summed E-state index contributed by atoms with van der Waals surface area (Å²) >= 11 is 0. The van der Waals surface area contributed by atoms with E-state index in [2.05, 4.69) is 26.1 Å². The first-order chi connectivity index (χ1) is 12.8. The van der Waals surface area contributed by atoms with Crippen molar-refractivity contribution < 1.29 is 0 Å². The van der Waals surface area contributed by atoms with Crippen molar-refractivity contribution in [3.05, 3.63) is 0 Å². The summed E-state index contributed by atoms with van der Waals surface area (Å²) in [6.07, 6.45) is 28.7. The van der Waals surface area contributed by atoms with Crippen LogP contribution in [0.4, 0.5) is 0 Å². The third-order valence-electron chi connectivity index (χ3n) is 5.76. The summed E-state index contributed by atoms with van der Waals surface area (Å²) in [4.78, 5) is 0. The third kappa shape index (κ3) is 22.0. The van der Waals surface area contributed by atoms with E-state index in [1.54, 1.807) is 0 Å². The summed E-state index contributed by atoms with van der Waals surface area (Å²) in [6, 6.07) is 0.720. The molecule has 1 atom stereocenters. The van der Waals surface area contributed by atoms with E-state index in [1.807, 2.05) is 0 Å². The van der Waals surface area contributed by atoms with Crippen LogP contribution in [0, 0.1) is 0 Å². The predicted molar refractivity (Wildman–Crippen MR) is 121 cm³/mol. The Hall–Kier alpha value is -0.0400. The standard InChI is InChI=1S/C25H53N/c1-4-6-8-10-12-14-16-18-20-22-24-26-25(3)23-21-19-17-15-13-11-9-7-5-2/h25-26H,4-24H2,1-3H3. The molecule has 0 aliphatic carbocycles. The van der Waals surface area contributed by atoms with E-state index in [4.69, 9.17) is 0 Å². The van der Waals surface area contributed by atoms with E-state index >= 15 is 0 Å². The fourth-order valence-corrected chi connectivity index (χ4v) is 3.82. The summed E-state index contributed by atoms with van der Waals surface area (Å²) in [5.41, 5.74) is 0. The van der Waals surface area contributed by atoms with Crippen molar-refractivity contribution in [1.82, 2.24) is 5.32 Å². The van der Waals surface area contributed by atoms with Crippen LogP contribution in [0.2, 0.25) is 0 Å². The molecule has 0 saturated carbocycles. The highest BCUT2D eigenvalue weighted by atomic mass is 14.9. The first-order valence-corrected chi connectivity index (χ1v) is 12.5. The Morgan fingerprint density at radius 3 is 1.23 bits per heavy atom. The van der Waals surface area contributed by atoms with Crippen LogP contribution in [-0.2, 0) is 0 Å². The number of unbranched alkanes of at least 4 members (excludes halogenated alkanes) is 17. The van der Waals surface area contributed by atoms with Gasteiger partial charge in [0, 0.05) is 6.04 Å². The van der Waals surface area contributed by atoms with E-state index in [0.717, 1.165) is 6.04 Å². The van der Waals surface area contributed by atoms with Crippen LogP contribution < -0.4 is 5.32 Å². The molecule has 0 spiro atoms. The van der Waals surface area contributed by atoms with Crippen LogP contribution in [0.25, 0.3) is 0 Å². The van der Waals surface area contributed by atoms with Gasteiger partial charge in [-0.15, -0.1) is 0 Å². The number of hydrogen-bond acceptors (Lipinski definition) is 1. The second-order valence-corrected chi connectivity index (χ2v) is 8.65. The van der Waals surface area contributed by atoms with E-state index in [9.17, 15) is 0 Å². The van der Waals surface area contributed by atoms with Crippen molar-refractivity contribution in [2.75, 3.05) is 6.54 Å². The maximum atomic E-state index is 3.73. The van der Waals surface area contributed by atoms with Gasteiger partial charge in [0.05, 0.1) is 0 Å². The summed E-state index contributed by atoms with van der Waals surface area (Å²) in [5.74, 6) is 0. The summed E-state index contributed by atoms with van der Waals surface area (Å²) in [5, 5.41) is 3.73. The van der Waals surface area contributed by atoms with Crippen LogP contribution in [0.3, 0.4) is 0 Å². The van der Waals surface area contributed by atoms with Gasteiger partial charge in [0.25, 0.3) is 0 Å². The van der Waals surface area contributed by atoms with Gasteiger partial charge in [-0.2, -0.15) is 0 Å².